The van der Waals surface area contributed by atoms with Gasteiger partial charge in [-0.15, -0.1) is 12.4 Å². The predicted octanol–water partition coefficient (Wildman–Crippen LogP) is 2.84. The van der Waals surface area contributed by atoms with E-state index in [0.29, 0.717) is 54.2 Å². The first-order valence-electron chi connectivity index (χ1n) is 7.92. The molecular weight excluding hydrogens is 377 g/mol. The number of amides is 1. The zero-order valence-electron chi connectivity index (χ0n) is 13.8. The van der Waals surface area contributed by atoms with E-state index < -0.39 is 0 Å². The molecule has 0 aliphatic carbocycles. The number of carbonyl (C=O) groups excluding carboxylic acids is 1. The molecule has 0 bridgehead atoms. The number of nitrogens with zero attached hydrogens (tertiary/aromatic N) is 4. The molecule has 1 amide bonds. The van der Waals surface area contributed by atoms with Gasteiger partial charge >= 0.3 is 0 Å². The van der Waals surface area contributed by atoms with Crippen molar-refractivity contribution in [1.82, 2.24) is 14.9 Å². The van der Waals surface area contributed by atoms with Crippen molar-refractivity contribution in [2.75, 3.05) is 36.8 Å². The average molecular weight is 394 g/mol. The van der Waals surface area contributed by atoms with E-state index in [2.05, 4.69) is 9.97 Å². The SMILES string of the molecule is Cl.Nc1nc(N2CCN(C(=O)c3ccco3)CC2)nc2cc(Cl)ccc12. The fourth-order valence-electron chi connectivity index (χ4n) is 2.92. The summed E-state index contributed by atoms with van der Waals surface area (Å²) in [5, 5.41) is 1.38. The molecule has 0 saturated carbocycles. The standard InChI is InChI=1S/C17H16ClN5O2.ClH/c18-11-3-4-12-13(10-11)20-17(21-15(12)19)23-7-5-22(6-8-23)16(24)14-2-1-9-25-14;/h1-4,9-10H,5-8H2,(H2,19,20,21);1H. The molecule has 2 N–H and O–H groups in total. The van der Waals surface area contributed by atoms with Crippen LogP contribution >= 0.6 is 24.0 Å². The molecule has 26 heavy (non-hydrogen) atoms. The summed E-state index contributed by atoms with van der Waals surface area (Å²) in [5.74, 6) is 1.23. The molecule has 136 valence electrons. The fourth-order valence-corrected chi connectivity index (χ4v) is 3.09. The minimum Gasteiger partial charge on any atom is -0.459 e. The number of fused-ring (bicyclic) bond motifs is 1. The van der Waals surface area contributed by atoms with E-state index in [1.54, 1.807) is 29.2 Å². The summed E-state index contributed by atoms with van der Waals surface area (Å²) in [7, 11) is 0. The number of nitrogen functional groups attached to an aromatic ring is 1. The summed E-state index contributed by atoms with van der Waals surface area (Å²) in [5.41, 5.74) is 6.77. The molecule has 9 heteroatoms. The van der Waals surface area contributed by atoms with E-state index in [-0.39, 0.29) is 18.3 Å². The molecule has 1 aromatic carbocycles. The lowest BCUT2D eigenvalue weighted by Crippen LogP contribution is -2.49. The van der Waals surface area contributed by atoms with Crippen LogP contribution in [0.5, 0.6) is 0 Å². The Morgan fingerprint density at radius 2 is 1.92 bits per heavy atom. The normalized spacial score (nSPS) is 14.3. The lowest BCUT2D eigenvalue weighted by atomic mass is 10.2. The van der Waals surface area contributed by atoms with Gasteiger partial charge in [0.15, 0.2) is 5.76 Å². The molecule has 3 heterocycles. The smallest absolute Gasteiger partial charge is 0.289 e. The number of halogens is 2. The maximum atomic E-state index is 12.3. The molecule has 0 radical (unpaired) electrons. The second kappa shape index (κ2) is 7.39. The molecule has 0 spiro atoms. The highest BCUT2D eigenvalue weighted by atomic mass is 35.5. The first-order chi connectivity index (χ1) is 12.1. The van der Waals surface area contributed by atoms with Crippen molar-refractivity contribution in [2.24, 2.45) is 0 Å². The monoisotopic (exact) mass is 393 g/mol. The average Bonchev–Trinajstić information content (AvgIpc) is 3.15. The molecule has 3 aromatic rings. The Morgan fingerprint density at radius 1 is 1.15 bits per heavy atom. The van der Waals surface area contributed by atoms with Crippen molar-refractivity contribution >= 4 is 52.6 Å². The van der Waals surface area contributed by atoms with Gasteiger partial charge in [0.05, 0.1) is 11.8 Å². The van der Waals surface area contributed by atoms with Gasteiger partial charge in [0.2, 0.25) is 5.95 Å². The Balaban J connectivity index is 0.00000196. The third kappa shape index (κ3) is 3.40. The van der Waals surface area contributed by atoms with Gasteiger partial charge in [-0.3, -0.25) is 4.79 Å². The number of hydrogen-bond donors (Lipinski definition) is 1. The van der Waals surface area contributed by atoms with Crippen LogP contribution in [0.15, 0.2) is 41.0 Å². The quantitative estimate of drug-likeness (QED) is 0.719. The number of furan rings is 1. The van der Waals surface area contributed by atoms with Crippen LogP contribution in [0.1, 0.15) is 10.6 Å². The highest BCUT2D eigenvalue weighted by molar-refractivity contribution is 6.31. The zero-order valence-corrected chi connectivity index (χ0v) is 15.3. The van der Waals surface area contributed by atoms with Gasteiger partial charge in [-0.25, -0.2) is 4.98 Å². The molecule has 0 atom stereocenters. The maximum absolute atomic E-state index is 12.3. The van der Waals surface area contributed by atoms with Gasteiger partial charge in [-0.1, -0.05) is 11.6 Å². The second-order valence-electron chi connectivity index (χ2n) is 5.83. The van der Waals surface area contributed by atoms with Crippen LogP contribution in [-0.2, 0) is 0 Å². The number of rotatable bonds is 2. The van der Waals surface area contributed by atoms with Crippen LogP contribution < -0.4 is 10.6 Å². The first kappa shape index (κ1) is 18.3. The van der Waals surface area contributed by atoms with Crippen molar-refractivity contribution in [1.29, 1.82) is 0 Å². The van der Waals surface area contributed by atoms with E-state index in [1.807, 2.05) is 11.0 Å². The lowest BCUT2D eigenvalue weighted by Gasteiger charge is -2.34. The molecule has 1 aliphatic heterocycles. The number of anilines is 2. The van der Waals surface area contributed by atoms with Gasteiger partial charge < -0.3 is 20.0 Å². The topological polar surface area (TPSA) is 88.5 Å². The minimum atomic E-state index is -0.102. The highest BCUT2D eigenvalue weighted by Gasteiger charge is 2.25. The molecule has 7 nitrogen and oxygen atoms in total. The number of aromatic nitrogens is 2. The zero-order chi connectivity index (χ0) is 17.4. The van der Waals surface area contributed by atoms with Crippen molar-refractivity contribution < 1.29 is 9.21 Å². The Morgan fingerprint density at radius 3 is 2.62 bits per heavy atom. The van der Waals surface area contributed by atoms with Crippen molar-refractivity contribution in [3.05, 3.63) is 47.4 Å². The van der Waals surface area contributed by atoms with Crippen LogP contribution in [0.3, 0.4) is 0 Å². The van der Waals surface area contributed by atoms with E-state index in [9.17, 15) is 4.79 Å². The Kier molecular flexibility index (Phi) is 5.20. The van der Waals surface area contributed by atoms with Gasteiger partial charge in [-0.2, -0.15) is 4.98 Å². The summed E-state index contributed by atoms with van der Waals surface area (Å²) in [6.45, 7) is 2.38. The molecule has 4 rings (SSSR count). The van der Waals surface area contributed by atoms with Crippen LogP contribution in [0.25, 0.3) is 10.9 Å². The molecule has 0 unspecified atom stereocenters. The van der Waals surface area contributed by atoms with E-state index in [4.69, 9.17) is 21.8 Å². The van der Waals surface area contributed by atoms with Crippen LogP contribution in [0, 0.1) is 0 Å². The fraction of sp³-hybridized carbons (Fsp3) is 0.235. The van der Waals surface area contributed by atoms with E-state index in [0.717, 1.165) is 5.39 Å². The Hall–Kier alpha value is -2.51. The van der Waals surface area contributed by atoms with Crippen LogP contribution in [0.4, 0.5) is 11.8 Å². The van der Waals surface area contributed by atoms with Crippen molar-refractivity contribution in [3.8, 4) is 0 Å². The Labute approximate surface area is 161 Å². The van der Waals surface area contributed by atoms with Gasteiger partial charge in [0.25, 0.3) is 5.91 Å². The Bertz CT molecular complexity index is 924. The summed E-state index contributed by atoms with van der Waals surface area (Å²) >= 11 is 6.04. The van der Waals surface area contributed by atoms with E-state index in [1.165, 1.54) is 6.26 Å². The molecular formula is C17H17Cl2N5O2. The maximum Gasteiger partial charge on any atom is 0.289 e. The van der Waals surface area contributed by atoms with Gasteiger partial charge in [0, 0.05) is 36.6 Å². The summed E-state index contributed by atoms with van der Waals surface area (Å²) < 4.78 is 5.18. The predicted molar refractivity (Wildman–Crippen MR) is 103 cm³/mol. The van der Waals surface area contributed by atoms with E-state index >= 15 is 0 Å². The third-order valence-corrected chi connectivity index (χ3v) is 4.49. The van der Waals surface area contributed by atoms with Crippen molar-refractivity contribution in [2.45, 2.75) is 0 Å². The third-order valence-electron chi connectivity index (χ3n) is 4.26. The van der Waals surface area contributed by atoms with Crippen LogP contribution in [-0.4, -0.2) is 47.0 Å². The second-order valence-corrected chi connectivity index (χ2v) is 6.26. The molecule has 2 aromatic heterocycles. The number of benzene rings is 1. The number of carbonyl (C=O) groups is 1. The van der Waals surface area contributed by atoms with Gasteiger partial charge in [-0.05, 0) is 30.3 Å². The highest BCUT2D eigenvalue weighted by Crippen LogP contribution is 2.25. The summed E-state index contributed by atoms with van der Waals surface area (Å²) in [6, 6.07) is 8.74. The number of nitrogens with two attached hydrogens (primary N) is 1. The largest absolute Gasteiger partial charge is 0.459 e. The summed E-state index contributed by atoms with van der Waals surface area (Å²) in [6.07, 6.45) is 1.50. The molecule has 1 aliphatic rings. The first-order valence-corrected chi connectivity index (χ1v) is 8.30. The van der Waals surface area contributed by atoms with Crippen LogP contribution in [0.2, 0.25) is 5.02 Å². The lowest BCUT2D eigenvalue weighted by molar-refractivity contribution is 0.0714. The molecule has 1 fully saturated rings. The summed E-state index contributed by atoms with van der Waals surface area (Å²) in [4.78, 5) is 25.1. The number of piperazine rings is 1. The van der Waals surface area contributed by atoms with Gasteiger partial charge in [0.1, 0.15) is 5.82 Å². The van der Waals surface area contributed by atoms with Crippen molar-refractivity contribution in [3.63, 3.8) is 0 Å². The number of hydrogen-bond acceptors (Lipinski definition) is 6. The molecule has 1 saturated heterocycles. The minimum absolute atomic E-state index is 0.